The number of H-pyrrole nitrogens is 1. The monoisotopic (exact) mass is 356 g/mol. The Morgan fingerprint density at radius 1 is 1.07 bits per heavy atom. The second-order valence-corrected chi connectivity index (χ2v) is 7.60. The molecule has 0 unspecified atom stereocenters. The van der Waals surface area contributed by atoms with E-state index in [1.807, 2.05) is 12.3 Å². The number of aromatic nitrogens is 3. The molecular formula is C23H24N4. The molecule has 3 heterocycles. The van der Waals surface area contributed by atoms with Crippen molar-refractivity contribution in [2.24, 2.45) is 0 Å². The highest BCUT2D eigenvalue weighted by molar-refractivity contribution is 5.87. The zero-order valence-electron chi connectivity index (χ0n) is 15.7. The largest absolute Gasteiger partial charge is 0.342 e. The second-order valence-electron chi connectivity index (χ2n) is 7.60. The third-order valence-electron chi connectivity index (χ3n) is 5.79. The van der Waals surface area contributed by atoms with Gasteiger partial charge in [-0.2, -0.15) is 0 Å². The van der Waals surface area contributed by atoms with Crippen LogP contribution in [-0.2, 0) is 6.42 Å². The Kier molecular flexibility index (Phi) is 4.13. The van der Waals surface area contributed by atoms with Gasteiger partial charge in [-0.3, -0.25) is 4.98 Å². The summed E-state index contributed by atoms with van der Waals surface area (Å²) in [6.07, 6.45) is 5.47. The molecule has 1 aliphatic rings. The number of nitrogens with one attached hydrogen (secondary N) is 1. The molecule has 27 heavy (non-hydrogen) atoms. The van der Waals surface area contributed by atoms with E-state index in [9.17, 15) is 0 Å². The van der Waals surface area contributed by atoms with Crippen LogP contribution in [0.4, 0.5) is 0 Å². The summed E-state index contributed by atoms with van der Waals surface area (Å²) in [4.78, 5) is 15.3. The minimum Gasteiger partial charge on any atom is -0.342 e. The second kappa shape index (κ2) is 6.78. The van der Waals surface area contributed by atoms with Gasteiger partial charge in [0, 0.05) is 30.6 Å². The molecule has 2 aromatic heterocycles. The summed E-state index contributed by atoms with van der Waals surface area (Å²) in [6, 6.07) is 17.7. The molecule has 4 nitrogen and oxygen atoms in total. The third-order valence-corrected chi connectivity index (χ3v) is 5.79. The molecular weight excluding hydrogens is 332 g/mol. The summed E-state index contributed by atoms with van der Waals surface area (Å²) in [5.74, 6) is 1.09. The highest BCUT2D eigenvalue weighted by Gasteiger charge is 2.19. The zero-order valence-corrected chi connectivity index (χ0v) is 15.7. The molecule has 1 N–H and O–H groups in total. The fourth-order valence-electron chi connectivity index (χ4n) is 4.19. The molecule has 4 heteroatoms. The average Bonchev–Trinajstić information content (AvgIpc) is 3.30. The van der Waals surface area contributed by atoms with E-state index in [0.717, 1.165) is 35.3 Å². The molecule has 1 saturated heterocycles. The first-order chi connectivity index (χ1) is 13.3. The van der Waals surface area contributed by atoms with Crippen molar-refractivity contribution in [3.05, 3.63) is 60.6 Å². The van der Waals surface area contributed by atoms with Crippen LogP contribution in [0, 0.1) is 0 Å². The molecule has 0 aliphatic carbocycles. The fourth-order valence-corrected chi connectivity index (χ4v) is 4.19. The highest BCUT2D eigenvalue weighted by atomic mass is 15.2. The van der Waals surface area contributed by atoms with E-state index in [1.165, 1.54) is 35.9 Å². The number of fused-ring (bicyclic) bond motifs is 2. The van der Waals surface area contributed by atoms with Crippen molar-refractivity contribution >= 4 is 21.9 Å². The van der Waals surface area contributed by atoms with Gasteiger partial charge in [0.05, 0.1) is 16.6 Å². The lowest BCUT2D eigenvalue weighted by atomic mass is 10.0. The van der Waals surface area contributed by atoms with Gasteiger partial charge in [-0.25, -0.2) is 4.98 Å². The fraction of sp³-hybridized carbons (Fsp3) is 0.304. The SMILES string of the molecule is C[C@@H]1CCCN1CCc1nc2ccc(-c3ccc4ncccc4c3)cc2[nH]1. The molecule has 0 saturated carbocycles. The minimum atomic E-state index is 0.711. The van der Waals surface area contributed by atoms with Gasteiger partial charge < -0.3 is 9.88 Å². The van der Waals surface area contributed by atoms with E-state index >= 15 is 0 Å². The number of pyridine rings is 1. The van der Waals surface area contributed by atoms with E-state index in [-0.39, 0.29) is 0 Å². The summed E-state index contributed by atoms with van der Waals surface area (Å²) in [6.45, 7) is 4.64. The molecule has 5 rings (SSSR count). The average molecular weight is 356 g/mol. The first-order valence-corrected chi connectivity index (χ1v) is 9.84. The van der Waals surface area contributed by atoms with Crippen LogP contribution >= 0.6 is 0 Å². The van der Waals surface area contributed by atoms with Crippen molar-refractivity contribution < 1.29 is 0 Å². The quantitative estimate of drug-likeness (QED) is 0.571. The maximum atomic E-state index is 4.79. The Hall–Kier alpha value is -2.72. The lowest BCUT2D eigenvalue weighted by molar-refractivity contribution is 0.271. The maximum Gasteiger partial charge on any atom is 0.108 e. The van der Waals surface area contributed by atoms with Gasteiger partial charge >= 0.3 is 0 Å². The number of aromatic amines is 1. The Labute approximate surface area is 159 Å². The topological polar surface area (TPSA) is 44.8 Å². The minimum absolute atomic E-state index is 0.711. The lowest BCUT2D eigenvalue weighted by Gasteiger charge is -2.19. The van der Waals surface area contributed by atoms with E-state index in [0.29, 0.717) is 6.04 Å². The van der Waals surface area contributed by atoms with Gasteiger partial charge in [0.25, 0.3) is 0 Å². The molecule has 2 aromatic carbocycles. The maximum absolute atomic E-state index is 4.79. The van der Waals surface area contributed by atoms with Crippen LogP contribution in [0.5, 0.6) is 0 Å². The van der Waals surface area contributed by atoms with Crippen LogP contribution in [0.15, 0.2) is 54.7 Å². The van der Waals surface area contributed by atoms with Crippen molar-refractivity contribution in [3.63, 3.8) is 0 Å². The van der Waals surface area contributed by atoms with Gasteiger partial charge in [0.15, 0.2) is 0 Å². The summed E-state index contributed by atoms with van der Waals surface area (Å²) in [7, 11) is 0. The van der Waals surface area contributed by atoms with E-state index < -0.39 is 0 Å². The number of imidazole rings is 1. The third kappa shape index (κ3) is 3.21. The summed E-state index contributed by atoms with van der Waals surface area (Å²) < 4.78 is 0. The number of likely N-dealkylation sites (tertiary alicyclic amines) is 1. The van der Waals surface area contributed by atoms with Gasteiger partial charge in [-0.1, -0.05) is 18.2 Å². The Morgan fingerprint density at radius 2 is 1.93 bits per heavy atom. The molecule has 136 valence electrons. The van der Waals surface area contributed by atoms with Crippen LogP contribution in [0.3, 0.4) is 0 Å². The van der Waals surface area contributed by atoms with E-state index in [2.05, 4.69) is 64.3 Å². The van der Waals surface area contributed by atoms with Crippen molar-refractivity contribution in [2.75, 3.05) is 13.1 Å². The predicted molar refractivity (Wildman–Crippen MR) is 111 cm³/mol. The smallest absolute Gasteiger partial charge is 0.108 e. The van der Waals surface area contributed by atoms with Crippen LogP contribution in [-0.4, -0.2) is 39.0 Å². The first-order valence-electron chi connectivity index (χ1n) is 9.84. The Bertz CT molecular complexity index is 1100. The number of hydrogen-bond acceptors (Lipinski definition) is 3. The van der Waals surface area contributed by atoms with Crippen LogP contribution in [0.1, 0.15) is 25.6 Å². The summed E-state index contributed by atoms with van der Waals surface area (Å²) >= 11 is 0. The first kappa shape index (κ1) is 16.5. The van der Waals surface area contributed by atoms with Gasteiger partial charge in [-0.15, -0.1) is 0 Å². The standard InChI is InChI=1S/C23H24N4/c1-16-4-3-12-27(16)13-10-23-25-21-9-7-18(15-22(21)26-23)17-6-8-20-19(14-17)5-2-11-24-20/h2,5-9,11,14-16H,3-4,10,12-13H2,1H3,(H,25,26)/t16-/m1/s1. The highest BCUT2D eigenvalue weighted by Crippen LogP contribution is 2.26. The Morgan fingerprint density at radius 3 is 2.78 bits per heavy atom. The molecule has 1 aliphatic heterocycles. The molecule has 4 aromatic rings. The van der Waals surface area contributed by atoms with Crippen LogP contribution in [0.25, 0.3) is 33.1 Å². The normalized spacial score (nSPS) is 17.9. The van der Waals surface area contributed by atoms with Crippen molar-refractivity contribution in [1.82, 2.24) is 19.9 Å². The Balaban J connectivity index is 1.41. The number of benzene rings is 2. The van der Waals surface area contributed by atoms with E-state index in [4.69, 9.17) is 4.98 Å². The van der Waals surface area contributed by atoms with Gasteiger partial charge in [0.1, 0.15) is 5.82 Å². The molecule has 0 bridgehead atoms. The molecule has 0 radical (unpaired) electrons. The lowest BCUT2D eigenvalue weighted by Crippen LogP contribution is -2.29. The van der Waals surface area contributed by atoms with Crippen molar-refractivity contribution in [2.45, 2.75) is 32.2 Å². The molecule has 0 spiro atoms. The number of nitrogens with zero attached hydrogens (tertiary/aromatic N) is 3. The molecule has 1 fully saturated rings. The zero-order chi connectivity index (χ0) is 18.2. The predicted octanol–water partition coefficient (Wildman–Crippen LogP) is 4.80. The van der Waals surface area contributed by atoms with Crippen molar-refractivity contribution in [1.29, 1.82) is 0 Å². The molecule has 0 amide bonds. The van der Waals surface area contributed by atoms with Gasteiger partial charge in [0.2, 0.25) is 0 Å². The van der Waals surface area contributed by atoms with Crippen LogP contribution in [0.2, 0.25) is 0 Å². The van der Waals surface area contributed by atoms with Crippen LogP contribution < -0.4 is 0 Å². The van der Waals surface area contributed by atoms with Gasteiger partial charge in [-0.05, 0) is 67.8 Å². The number of hydrogen-bond donors (Lipinski definition) is 1. The molecule has 1 atom stereocenters. The summed E-state index contributed by atoms with van der Waals surface area (Å²) in [5.41, 5.74) is 5.60. The van der Waals surface area contributed by atoms with Crippen molar-refractivity contribution in [3.8, 4) is 11.1 Å². The summed E-state index contributed by atoms with van der Waals surface area (Å²) in [5, 5.41) is 1.17. The van der Waals surface area contributed by atoms with E-state index in [1.54, 1.807) is 0 Å². The number of rotatable bonds is 4.